The van der Waals surface area contributed by atoms with Crippen molar-refractivity contribution >= 4 is 5.91 Å². The minimum Gasteiger partial charge on any atom is -0.483 e. The summed E-state index contributed by atoms with van der Waals surface area (Å²) in [6.45, 7) is 0.456. The number of hydrogen-bond acceptors (Lipinski definition) is 3. The Morgan fingerprint density at radius 2 is 1.59 bits per heavy atom. The molecule has 0 radical (unpaired) electrons. The Morgan fingerprint density at radius 1 is 0.906 bits per heavy atom. The summed E-state index contributed by atoms with van der Waals surface area (Å²) in [7, 11) is 0. The van der Waals surface area contributed by atoms with Crippen LogP contribution in [0.25, 0.3) is 0 Å². The number of amides is 1. The van der Waals surface area contributed by atoms with E-state index in [-0.39, 0.29) is 5.91 Å². The van der Waals surface area contributed by atoms with E-state index in [4.69, 9.17) is 10.00 Å². The summed E-state index contributed by atoms with van der Waals surface area (Å²) >= 11 is 0. The number of halogens is 3. The second-order valence-corrected chi connectivity index (χ2v) is 7.54. The van der Waals surface area contributed by atoms with Gasteiger partial charge in [-0.1, -0.05) is 18.2 Å². The number of carbonyl (C=O) groups is 1. The van der Waals surface area contributed by atoms with Crippen LogP contribution in [-0.4, -0.2) is 17.4 Å². The van der Waals surface area contributed by atoms with Crippen LogP contribution >= 0.6 is 0 Å². The Bertz CT molecular complexity index is 1160. The molecule has 0 saturated carbocycles. The fourth-order valence-corrected chi connectivity index (χ4v) is 3.90. The van der Waals surface area contributed by atoms with E-state index in [9.17, 15) is 18.0 Å². The van der Waals surface area contributed by atoms with Gasteiger partial charge in [0.1, 0.15) is 17.7 Å². The van der Waals surface area contributed by atoms with Crippen molar-refractivity contribution in [2.75, 3.05) is 6.54 Å². The molecule has 0 N–H and O–H groups in total. The van der Waals surface area contributed by atoms with E-state index >= 15 is 0 Å². The third-order valence-electron chi connectivity index (χ3n) is 5.46. The quantitative estimate of drug-likeness (QED) is 0.516. The maximum atomic E-state index is 14.2. The normalized spacial score (nSPS) is 15.3. The highest BCUT2D eigenvalue weighted by Gasteiger charge is 2.37. The second-order valence-electron chi connectivity index (χ2n) is 7.54. The van der Waals surface area contributed by atoms with E-state index in [1.54, 1.807) is 41.3 Å². The van der Waals surface area contributed by atoms with Gasteiger partial charge in [0.15, 0.2) is 11.6 Å². The number of carbonyl (C=O) groups excluding carboxylic acids is 1. The van der Waals surface area contributed by atoms with Crippen LogP contribution in [-0.2, 0) is 4.79 Å². The largest absolute Gasteiger partial charge is 0.483 e. The first-order chi connectivity index (χ1) is 15.5. The minimum absolute atomic E-state index is 0.102. The maximum absolute atomic E-state index is 14.2. The molecule has 1 fully saturated rings. The molecule has 0 bridgehead atoms. The molecule has 4 rings (SSSR count). The third kappa shape index (κ3) is 4.45. The molecule has 4 nitrogen and oxygen atoms in total. The van der Waals surface area contributed by atoms with Gasteiger partial charge in [0.2, 0.25) is 5.91 Å². The Balaban J connectivity index is 1.82. The van der Waals surface area contributed by atoms with Crippen molar-refractivity contribution < 1.29 is 22.7 Å². The lowest BCUT2D eigenvalue weighted by Gasteiger charge is -2.35. The highest BCUT2D eigenvalue weighted by atomic mass is 19.2. The van der Waals surface area contributed by atoms with Crippen LogP contribution in [0.5, 0.6) is 5.75 Å². The van der Waals surface area contributed by atoms with E-state index in [1.807, 2.05) is 6.07 Å². The topological polar surface area (TPSA) is 53.3 Å². The molecule has 2 atom stereocenters. The molecule has 3 aromatic carbocycles. The fraction of sp³-hybridized carbons (Fsp3) is 0.200. The number of rotatable bonds is 6. The smallest absolute Gasteiger partial charge is 0.223 e. The summed E-state index contributed by atoms with van der Waals surface area (Å²) in [5.41, 5.74) is 1.36. The number of hydrogen-bond donors (Lipinski definition) is 0. The van der Waals surface area contributed by atoms with Crippen molar-refractivity contribution in [2.45, 2.75) is 25.0 Å². The van der Waals surface area contributed by atoms with Gasteiger partial charge in [0, 0.05) is 13.0 Å². The van der Waals surface area contributed by atoms with Gasteiger partial charge in [-0.2, -0.15) is 5.26 Å². The number of ether oxygens (including phenoxy) is 1. The van der Waals surface area contributed by atoms with Crippen molar-refractivity contribution in [3.05, 3.63) is 101 Å². The maximum Gasteiger partial charge on any atom is 0.223 e. The number of nitrogens with zero attached hydrogens (tertiary/aromatic N) is 2. The lowest BCUT2D eigenvalue weighted by molar-refractivity contribution is -0.131. The lowest BCUT2D eigenvalue weighted by atomic mass is 9.93. The molecule has 1 saturated heterocycles. The number of benzene rings is 3. The zero-order valence-electron chi connectivity index (χ0n) is 17.0. The van der Waals surface area contributed by atoms with E-state index in [0.717, 1.165) is 12.1 Å². The molecule has 32 heavy (non-hydrogen) atoms. The highest BCUT2D eigenvalue weighted by Crippen LogP contribution is 2.40. The van der Waals surface area contributed by atoms with Gasteiger partial charge in [0.05, 0.1) is 17.7 Å². The Hall–Kier alpha value is -3.79. The summed E-state index contributed by atoms with van der Waals surface area (Å²) < 4.78 is 47.6. The van der Waals surface area contributed by atoms with Gasteiger partial charge >= 0.3 is 0 Å². The van der Waals surface area contributed by atoms with Gasteiger partial charge in [0.25, 0.3) is 0 Å². The molecule has 0 aromatic heterocycles. The molecule has 0 spiro atoms. The lowest BCUT2D eigenvalue weighted by Crippen LogP contribution is -2.36. The zero-order valence-corrected chi connectivity index (χ0v) is 17.0. The van der Waals surface area contributed by atoms with Crippen molar-refractivity contribution in [1.82, 2.24) is 4.90 Å². The van der Waals surface area contributed by atoms with Crippen LogP contribution in [0.3, 0.4) is 0 Å². The fourth-order valence-electron chi connectivity index (χ4n) is 3.90. The van der Waals surface area contributed by atoms with Gasteiger partial charge in [-0.3, -0.25) is 4.79 Å². The predicted molar refractivity (Wildman–Crippen MR) is 111 cm³/mol. The summed E-state index contributed by atoms with van der Waals surface area (Å²) in [6.07, 6.45) is 0.0993. The molecule has 0 aliphatic carbocycles. The molecule has 3 aromatic rings. The van der Waals surface area contributed by atoms with E-state index in [2.05, 4.69) is 0 Å². The van der Waals surface area contributed by atoms with Crippen molar-refractivity contribution in [2.24, 2.45) is 0 Å². The number of nitriles is 1. The zero-order chi connectivity index (χ0) is 22.7. The second kappa shape index (κ2) is 9.15. The van der Waals surface area contributed by atoms with Gasteiger partial charge < -0.3 is 9.64 Å². The summed E-state index contributed by atoms with van der Waals surface area (Å²) in [6, 6.07) is 16.8. The molecular weight excluding hydrogens is 417 g/mol. The summed E-state index contributed by atoms with van der Waals surface area (Å²) in [5.74, 6) is -2.19. The van der Waals surface area contributed by atoms with Gasteiger partial charge in [-0.05, 0) is 66.1 Å². The monoisotopic (exact) mass is 436 g/mol. The average molecular weight is 436 g/mol. The average Bonchev–Trinajstić information content (AvgIpc) is 3.22. The van der Waals surface area contributed by atoms with Crippen LogP contribution in [0, 0.1) is 28.8 Å². The van der Waals surface area contributed by atoms with Crippen LogP contribution in [0.4, 0.5) is 13.2 Å². The van der Waals surface area contributed by atoms with E-state index in [1.165, 1.54) is 18.2 Å². The summed E-state index contributed by atoms with van der Waals surface area (Å²) in [5, 5.41) is 9.03. The number of likely N-dealkylation sites (tertiary alicyclic amines) is 1. The molecule has 0 unspecified atom stereocenters. The first-order valence-corrected chi connectivity index (χ1v) is 10.1. The Labute approximate surface area is 183 Å². The highest BCUT2D eigenvalue weighted by molar-refractivity contribution is 5.78. The first-order valence-electron chi connectivity index (χ1n) is 10.1. The van der Waals surface area contributed by atoms with Crippen molar-refractivity contribution in [3.63, 3.8) is 0 Å². The van der Waals surface area contributed by atoms with Crippen LogP contribution in [0.15, 0.2) is 66.7 Å². The van der Waals surface area contributed by atoms with Crippen LogP contribution in [0.2, 0.25) is 0 Å². The van der Waals surface area contributed by atoms with Crippen molar-refractivity contribution in [3.8, 4) is 11.8 Å². The van der Waals surface area contributed by atoms with Crippen molar-refractivity contribution in [1.29, 1.82) is 5.26 Å². The van der Waals surface area contributed by atoms with Crippen LogP contribution < -0.4 is 4.74 Å². The molecule has 1 aliphatic rings. The Morgan fingerprint density at radius 3 is 2.19 bits per heavy atom. The third-order valence-corrected chi connectivity index (χ3v) is 5.46. The molecule has 7 heteroatoms. The molecule has 1 amide bonds. The Kier molecular flexibility index (Phi) is 6.13. The predicted octanol–water partition coefficient (Wildman–Crippen LogP) is 5.46. The molecule has 1 heterocycles. The SMILES string of the molecule is N#Cc1ccc(O[C@@H](c2ccc(F)c(F)c2)[C@H](c2ccc(F)cc2)N2CCCC2=O)cc1. The first kappa shape index (κ1) is 21.4. The molecular formula is C25H19F3N2O2. The molecule has 162 valence electrons. The van der Waals surface area contributed by atoms with Crippen LogP contribution in [0.1, 0.15) is 41.7 Å². The molecule has 1 aliphatic heterocycles. The minimum atomic E-state index is -1.04. The van der Waals surface area contributed by atoms with E-state index in [0.29, 0.717) is 41.8 Å². The standard InChI is InChI=1S/C25H19F3N2O2/c26-19-8-5-17(6-9-19)24(30-13-1-2-23(30)31)25(18-7-12-21(27)22(28)14-18)32-20-10-3-16(15-29)4-11-20/h3-12,14,24-25H,1-2,13H2/t24-,25-/m0/s1. The van der Waals surface area contributed by atoms with Gasteiger partial charge in [-0.25, -0.2) is 13.2 Å². The summed E-state index contributed by atoms with van der Waals surface area (Å²) in [4.78, 5) is 14.3. The van der Waals surface area contributed by atoms with E-state index < -0.39 is 29.6 Å². The van der Waals surface area contributed by atoms with Gasteiger partial charge in [-0.15, -0.1) is 0 Å².